The lowest BCUT2D eigenvalue weighted by atomic mass is 9.51. The van der Waals surface area contributed by atoms with Crippen LogP contribution in [0.1, 0.15) is 86.5 Å². The number of rotatable bonds is 3. The Hall–Kier alpha value is -4.62. The van der Waals surface area contributed by atoms with Crippen LogP contribution in [0.3, 0.4) is 0 Å². The highest BCUT2D eigenvalue weighted by Gasteiger charge is 2.60. The summed E-state index contributed by atoms with van der Waals surface area (Å²) in [6.45, 7) is 0. The first-order chi connectivity index (χ1) is 26.2. The van der Waals surface area contributed by atoms with Gasteiger partial charge in [-0.15, -0.1) is 0 Å². The molecule has 1 nitrogen and oxygen atoms in total. The van der Waals surface area contributed by atoms with E-state index in [0.29, 0.717) is 0 Å². The molecule has 8 aliphatic carbocycles. The van der Waals surface area contributed by atoms with Gasteiger partial charge in [0.1, 0.15) is 0 Å². The van der Waals surface area contributed by atoms with Crippen molar-refractivity contribution in [1.82, 2.24) is 0 Å². The number of benzene rings is 6. The van der Waals surface area contributed by atoms with Gasteiger partial charge in [0.15, 0.2) is 0 Å². The highest BCUT2D eigenvalue weighted by molar-refractivity contribution is 5.93. The fourth-order valence-electron chi connectivity index (χ4n) is 14.7. The van der Waals surface area contributed by atoms with Gasteiger partial charge >= 0.3 is 0 Å². The monoisotopic (exact) mass is 685 g/mol. The Morgan fingerprint density at radius 3 is 1.89 bits per heavy atom. The molecule has 0 heterocycles. The lowest BCUT2D eigenvalue weighted by Crippen LogP contribution is -2.48. The molecule has 8 atom stereocenters. The van der Waals surface area contributed by atoms with Crippen LogP contribution in [0.15, 0.2) is 127 Å². The standard InChI is InChI=1S/C52H47N/c1-2-8-36-28-40(18-15-35(36)7-1)53(42-19-21-45-43-9-3-5-11-47(43)51(50(45)30-42)31-33-14-16-37(51)25-33)41-20-22-49-46(29-41)44-10-4-6-12-48(44)52(49)38-17-13-32-23-34(26-38)27-39(52)24-32/h1-12,15,18-22,28-30,32-34,37-39H,13-14,16-17,23-27,31H2. The summed E-state index contributed by atoms with van der Waals surface area (Å²) < 4.78 is 0. The van der Waals surface area contributed by atoms with Crippen LogP contribution in [0.25, 0.3) is 33.0 Å². The molecule has 0 aliphatic heterocycles. The van der Waals surface area contributed by atoms with E-state index < -0.39 is 0 Å². The highest BCUT2D eigenvalue weighted by atomic mass is 15.1. The van der Waals surface area contributed by atoms with Gasteiger partial charge in [-0.25, -0.2) is 0 Å². The molecule has 6 bridgehead atoms. The van der Waals surface area contributed by atoms with Crippen molar-refractivity contribution >= 4 is 27.8 Å². The summed E-state index contributed by atoms with van der Waals surface area (Å²) in [4.78, 5) is 2.60. The van der Waals surface area contributed by atoms with E-state index in [2.05, 4.69) is 132 Å². The molecule has 260 valence electrons. The van der Waals surface area contributed by atoms with Gasteiger partial charge in [0, 0.05) is 27.9 Å². The van der Waals surface area contributed by atoms with Crippen molar-refractivity contribution in [1.29, 1.82) is 0 Å². The molecule has 6 aromatic carbocycles. The molecule has 0 amide bonds. The van der Waals surface area contributed by atoms with Crippen molar-refractivity contribution in [3.05, 3.63) is 150 Å². The van der Waals surface area contributed by atoms with E-state index in [1.165, 1.54) is 114 Å². The van der Waals surface area contributed by atoms with E-state index in [1.54, 1.807) is 22.3 Å². The first-order valence-electron chi connectivity index (χ1n) is 21.0. The topological polar surface area (TPSA) is 3.24 Å². The van der Waals surface area contributed by atoms with E-state index in [9.17, 15) is 0 Å². The second-order valence-electron chi connectivity index (χ2n) is 18.5. The molecule has 6 aromatic rings. The van der Waals surface area contributed by atoms with Gasteiger partial charge < -0.3 is 4.90 Å². The average Bonchev–Trinajstić information content (AvgIpc) is 3.92. The van der Waals surface area contributed by atoms with Crippen molar-refractivity contribution < 1.29 is 0 Å². The second-order valence-corrected chi connectivity index (χ2v) is 18.5. The molecule has 14 rings (SSSR count). The van der Waals surface area contributed by atoms with Crippen molar-refractivity contribution in [2.24, 2.45) is 35.5 Å². The van der Waals surface area contributed by atoms with E-state index in [-0.39, 0.29) is 10.8 Å². The van der Waals surface area contributed by atoms with Crippen LogP contribution in [0.2, 0.25) is 0 Å². The zero-order valence-electron chi connectivity index (χ0n) is 30.6. The molecule has 6 fully saturated rings. The quantitative estimate of drug-likeness (QED) is 0.179. The summed E-state index contributed by atoms with van der Waals surface area (Å²) >= 11 is 0. The van der Waals surface area contributed by atoms with Crippen LogP contribution in [-0.4, -0.2) is 0 Å². The van der Waals surface area contributed by atoms with Crippen LogP contribution in [0, 0.1) is 35.5 Å². The fourth-order valence-corrected chi connectivity index (χ4v) is 14.7. The Kier molecular flexibility index (Phi) is 5.92. The summed E-state index contributed by atoms with van der Waals surface area (Å²) in [5.74, 6) is 5.02. The van der Waals surface area contributed by atoms with Gasteiger partial charge in [0.25, 0.3) is 0 Å². The molecular formula is C52H47N. The van der Waals surface area contributed by atoms with Gasteiger partial charge in [0.2, 0.25) is 0 Å². The van der Waals surface area contributed by atoms with E-state index in [1.807, 2.05) is 0 Å². The molecule has 6 saturated carbocycles. The summed E-state index contributed by atoms with van der Waals surface area (Å²) in [6, 6.07) is 50.3. The average molecular weight is 686 g/mol. The van der Waals surface area contributed by atoms with Gasteiger partial charge in [-0.3, -0.25) is 0 Å². The molecule has 53 heavy (non-hydrogen) atoms. The third-order valence-electron chi connectivity index (χ3n) is 16.4. The lowest BCUT2D eigenvalue weighted by Gasteiger charge is -2.53. The number of hydrogen-bond acceptors (Lipinski definition) is 1. The molecule has 0 aromatic heterocycles. The van der Waals surface area contributed by atoms with Gasteiger partial charge in [0.05, 0.1) is 0 Å². The largest absolute Gasteiger partial charge is 0.310 e. The Labute approximate surface area is 314 Å². The Morgan fingerprint density at radius 1 is 0.396 bits per heavy atom. The molecule has 0 radical (unpaired) electrons. The number of hydrogen-bond donors (Lipinski definition) is 0. The highest BCUT2D eigenvalue weighted by Crippen LogP contribution is 2.69. The third kappa shape index (κ3) is 3.79. The molecule has 2 spiro atoms. The fraction of sp³-hybridized carbons (Fsp3) is 0.346. The molecule has 0 N–H and O–H groups in total. The summed E-state index contributed by atoms with van der Waals surface area (Å²) in [7, 11) is 0. The second kappa shape index (κ2) is 10.5. The predicted molar refractivity (Wildman–Crippen MR) is 218 cm³/mol. The first kappa shape index (κ1) is 29.8. The van der Waals surface area contributed by atoms with Crippen LogP contribution in [0.4, 0.5) is 17.1 Å². The maximum atomic E-state index is 2.63. The minimum absolute atomic E-state index is 0.154. The number of fused-ring (bicyclic) bond motifs is 13. The SMILES string of the molecule is c1ccc2c(c1)-c1ccc(N(c3ccc4c(c3)-c3ccccc3C43C4CCC5CC(C4)CC3C5)c3ccc4ccccc4c3)cc1C21CC2CCC1C2. The van der Waals surface area contributed by atoms with Crippen LogP contribution in [0.5, 0.6) is 0 Å². The summed E-state index contributed by atoms with van der Waals surface area (Å²) in [5, 5.41) is 2.59. The Morgan fingerprint density at radius 2 is 1.02 bits per heavy atom. The zero-order valence-corrected chi connectivity index (χ0v) is 30.6. The van der Waals surface area contributed by atoms with Crippen molar-refractivity contribution in [3.8, 4) is 22.3 Å². The number of anilines is 3. The Balaban J connectivity index is 1.02. The molecule has 0 saturated heterocycles. The zero-order chi connectivity index (χ0) is 34.5. The first-order valence-corrected chi connectivity index (χ1v) is 21.0. The maximum Gasteiger partial charge on any atom is 0.0468 e. The number of nitrogens with zero attached hydrogens (tertiary/aromatic N) is 1. The van der Waals surface area contributed by atoms with Gasteiger partial charge in [-0.1, -0.05) is 104 Å². The smallest absolute Gasteiger partial charge is 0.0468 e. The maximum absolute atomic E-state index is 2.63. The third-order valence-corrected chi connectivity index (χ3v) is 16.4. The molecule has 8 unspecified atom stereocenters. The molecular weight excluding hydrogens is 639 g/mol. The minimum Gasteiger partial charge on any atom is -0.310 e. The van der Waals surface area contributed by atoms with E-state index >= 15 is 0 Å². The predicted octanol–water partition coefficient (Wildman–Crippen LogP) is 13.5. The van der Waals surface area contributed by atoms with Crippen molar-refractivity contribution in [2.75, 3.05) is 4.90 Å². The van der Waals surface area contributed by atoms with E-state index in [0.717, 1.165) is 35.5 Å². The van der Waals surface area contributed by atoms with Crippen LogP contribution >= 0.6 is 0 Å². The van der Waals surface area contributed by atoms with Gasteiger partial charge in [-0.05, 0) is 179 Å². The summed E-state index contributed by atoms with van der Waals surface area (Å²) in [5.41, 5.74) is 16.6. The summed E-state index contributed by atoms with van der Waals surface area (Å²) in [6.07, 6.45) is 14.1. The lowest BCUT2D eigenvalue weighted by molar-refractivity contribution is 0.0618. The van der Waals surface area contributed by atoms with Crippen molar-refractivity contribution in [3.63, 3.8) is 0 Å². The van der Waals surface area contributed by atoms with E-state index in [4.69, 9.17) is 0 Å². The van der Waals surface area contributed by atoms with Gasteiger partial charge in [-0.2, -0.15) is 0 Å². The van der Waals surface area contributed by atoms with Crippen molar-refractivity contribution in [2.45, 2.75) is 75.0 Å². The van der Waals surface area contributed by atoms with Crippen LogP contribution in [-0.2, 0) is 10.8 Å². The van der Waals surface area contributed by atoms with Crippen LogP contribution < -0.4 is 4.90 Å². The minimum atomic E-state index is 0.154. The molecule has 8 aliphatic rings. The molecule has 1 heteroatoms. The Bertz CT molecular complexity index is 2500. The normalized spacial score (nSPS) is 31.9.